The van der Waals surface area contributed by atoms with Crippen LogP contribution >= 0.6 is 0 Å². The summed E-state index contributed by atoms with van der Waals surface area (Å²) in [5.41, 5.74) is 0. The highest BCUT2D eigenvalue weighted by Crippen LogP contribution is 2.16. The van der Waals surface area contributed by atoms with E-state index in [1.54, 1.807) is 0 Å². The molecule has 0 bridgehead atoms. The lowest BCUT2D eigenvalue weighted by atomic mass is 10.3. The molecule has 1 rings (SSSR count). The molecular weight excluding hydrogens is 186 g/mol. The van der Waals surface area contributed by atoms with Crippen LogP contribution in [-0.4, -0.2) is 14.0 Å². The molecule has 1 N–H and O–H groups in total. The van der Waals surface area contributed by atoms with Crippen molar-refractivity contribution in [2.75, 3.05) is 0 Å². The molecule has 0 saturated heterocycles. The summed E-state index contributed by atoms with van der Waals surface area (Å²) in [6.07, 6.45) is 0. The number of hydrogen-bond acceptors (Lipinski definition) is 2. The molecule has 0 heterocycles. The van der Waals surface area contributed by atoms with Gasteiger partial charge in [0.2, 0.25) is 0 Å². The van der Waals surface area contributed by atoms with Crippen molar-refractivity contribution in [2.24, 2.45) is 0 Å². The Bertz CT molecular complexity index is 316. The Labute approximate surface area is 68.1 Å². The normalized spacial score (nSPS) is 9.50. The molecule has 0 saturated carbocycles. The largest absolute Gasteiger partial charge is 0.770 e. The van der Waals surface area contributed by atoms with Crippen LogP contribution in [0.25, 0.3) is 0 Å². The molecule has 0 spiro atoms. The lowest BCUT2D eigenvalue weighted by Crippen LogP contribution is -2.09. The molecule has 6 heteroatoms. The SMILES string of the molecule is O=[Si](O)Oc1ccc(F)cc1F. The summed E-state index contributed by atoms with van der Waals surface area (Å²) in [5.74, 6) is -2.19. The van der Waals surface area contributed by atoms with Crippen LogP contribution in [0, 0.1) is 11.6 Å². The Kier molecular flexibility index (Phi) is 2.49. The van der Waals surface area contributed by atoms with Gasteiger partial charge in [-0.25, -0.2) is 8.78 Å². The molecule has 0 atom stereocenters. The van der Waals surface area contributed by atoms with Gasteiger partial charge >= 0.3 is 9.17 Å². The lowest BCUT2D eigenvalue weighted by Gasteiger charge is -1.99. The standard InChI is InChI=1S/C6H4F2O3Si/c7-4-1-2-6(5(8)3-4)11-12(9)10/h1-3,9H. The number of halogens is 2. The van der Waals surface area contributed by atoms with Crippen molar-refractivity contribution in [2.45, 2.75) is 0 Å². The molecule has 0 aliphatic carbocycles. The third kappa shape index (κ3) is 2.09. The molecular formula is C6H4F2O3Si. The molecule has 0 aliphatic rings. The topological polar surface area (TPSA) is 46.5 Å². The monoisotopic (exact) mass is 190 g/mol. The molecule has 3 nitrogen and oxygen atoms in total. The van der Waals surface area contributed by atoms with Gasteiger partial charge in [0.25, 0.3) is 0 Å². The summed E-state index contributed by atoms with van der Waals surface area (Å²) in [6.45, 7) is 0. The van der Waals surface area contributed by atoms with Crippen LogP contribution in [0.5, 0.6) is 5.75 Å². The van der Waals surface area contributed by atoms with E-state index >= 15 is 0 Å². The molecule has 12 heavy (non-hydrogen) atoms. The summed E-state index contributed by atoms with van der Waals surface area (Å²) >= 11 is 0. The second-order valence-electron chi connectivity index (χ2n) is 1.94. The Hall–Kier alpha value is -1.30. The number of benzene rings is 1. The average Bonchev–Trinajstić information content (AvgIpc) is 1.94. The van der Waals surface area contributed by atoms with Crippen molar-refractivity contribution < 1.29 is 22.5 Å². The fourth-order valence-electron chi connectivity index (χ4n) is 0.652. The molecule has 0 aliphatic heterocycles. The predicted octanol–water partition coefficient (Wildman–Crippen LogP) is 0.751. The van der Waals surface area contributed by atoms with Crippen molar-refractivity contribution in [3.63, 3.8) is 0 Å². The van der Waals surface area contributed by atoms with E-state index in [0.29, 0.717) is 6.07 Å². The first-order chi connectivity index (χ1) is 5.59. The zero-order valence-electron chi connectivity index (χ0n) is 5.75. The van der Waals surface area contributed by atoms with E-state index in [9.17, 15) is 13.2 Å². The molecule has 0 aromatic heterocycles. The first-order valence-electron chi connectivity index (χ1n) is 2.95. The van der Waals surface area contributed by atoms with Gasteiger partial charge in [-0.05, 0) is 12.1 Å². The van der Waals surface area contributed by atoms with Crippen molar-refractivity contribution in [1.82, 2.24) is 0 Å². The van der Waals surface area contributed by atoms with E-state index < -0.39 is 26.6 Å². The maximum atomic E-state index is 12.6. The average molecular weight is 190 g/mol. The highest BCUT2D eigenvalue weighted by Gasteiger charge is 2.11. The third-order valence-electron chi connectivity index (χ3n) is 1.09. The van der Waals surface area contributed by atoms with Gasteiger partial charge < -0.3 is 9.22 Å². The lowest BCUT2D eigenvalue weighted by molar-refractivity contribution is 0.329. The van der Waals surface area contributed by atoms with E-state index in [2.05, 4.69) is 4.43 Å². The van der Waals surface area contributed by atoms with Crippen LogP contribution in [0.1, 0.15) is 0 Å². The fourth-order valence-corrected chi connectivity index (χ4v) is 1.01. The van der Waals surface area contributed by atoms with Crippen LogP contribution in [0.15, 0.2) is 18.2 Å². The zero-order valence-corrected chi connectivity index (χ0v) is 6.75. The van der Waals surface area contributed by atoms with Crippen LogP contribution < -0.4 is 4.43 Å². The van der Waals surface area contributed by atoms with Crippen LogP contribution in [-0.2, 0) is 4.46 Å². The quantitative estimate of drug-likeness (QED) is 0.700. The summed E-state index contributed by atoms with van der Waals surface area (Å²) in [5, 5.41) is 0. The summed E-state index contributed by atoms with van der Waals surface area (Å²) in [4.78, 5) is 8.26. The highest BCUT2D eigenvalue weighted by atomic mass is 28.3. The molecule has 1 aromatic rings. The summed E-state index contributed by atoms with van der Waals surface area (Å²) in [6, 6.07) is 2.45. The summed E-state index contributed by atoms with van der Waals surface area (Å²) < 4.78 is 39.1. The number of hydrogen-bond donors (Lipinski definition) is 1. The van der Waals surface area contributed by atoms with Crippen molar-refractivity contribution in [1.29, 1.82) is 0 Å². The number of rotatable bonds is 2. The molecule has 0 amide bonds. The molecule has 0 fully saturated rings. The van der Waals surface area contributed by atoms with E-state index in [4.69, 9.17) is 4.80 Å². The van der Waals surface area contributed by atoms with E-state index in [1.807, 2.05) is 0 Å². The van der Waals surface area contributed by atoms with Crippen molar-refractivity contribution >= 4 is 9.17 Å². The fraction of sp³-hybridized carbons (Fsp3) is 0. The van der Waals surface area contributed by atoms with E-state index in [1.165, 1.54) is 0 Å². The molecule has 64 valence electrons. The smallest absolute Gasteiger partial charge is 0.511 e. The van der Waals surface area contributed by atoms with Gasteiger partial charge in [-0.15, -0.1) is 0 Å². The predicted molar refractivity (Wildman–Crippen MR) is 35.6 cm³/mol. The molecule has 0 unspecified atom stereocenters. The highest BCUT2D eigenvalue weighted by molar-refractivity contribution is 6.25. The van der Waals surface area contributed by atoms with Gasteiger partial charge in [0.15, 0.2) is 11.6 Å². The zero-order chi connectivity index (χ0) is 9.14. The van der Waals surface area contributed by atoms with Crippen LogP contribution in [0.2, 0.25) is 0 Å². The van der Waals surface area contributed by atoms with Gasteiger partial charge in [0.05, 0.1) is 0 Å². The maximum absolute atomic E-state index is 12.6. The first-order valence-corrected chi connectivity index (χ1v) is 4.22. The second-order valence-corrected chi connectivity index (χ2v) is 2.68. The maximum Gasteiger partial charge on any atom is 0.770 e. The van der Waals surface area contributed by atoms with E-state index in [0.717, 1.165) is 12.1 Å². The minimum absolute atomic E-state index is 0.428. The first kappa shape index (κ1) is 8.79. The third-order valence-corrected chi connectivity index (χ3v) is 1.49. The molecule has 1 aromatic carbocycles. The minimum Gasteiger partial charge on any atom is -0.511 e. The van der Waals surface area contributed by atoms with Crippen LogP contribution in [0.4, 0.5) is 8.78 Å². The van der Waals surface area contributed by atoms with Gasteiger partial charge in [-0.2, -0.15) is 0 Å². The van der Waals surface area contributed by atoms with Gasteiger partial charge in [0, 0.05) is 6.07 Å². The van der Waals surface area contributed by atoms with Gasteiger partial charge in [-0.3, -0.25) is 4.46 Å². The second kappa shape index (κ2) is 3.40. The Morgan fingerprint density at radius 2 is 2.08 bits per heavy atom. The van der Waals surface area contributed by atoms with Gasteiger partial charge in [-0.1, -0.05) is 0 Å². The Morgan fingerprint density at radius 3 is 2.58 bits per heavy atom. The Morgan fingerprint density at radius 1 is 1.42 bits per heavy atom. The minimum atomic E-state index is -3.23. The van der Waals surface area contributed by atoms with Crippen molar-refractivity contribution in [3.05, 3.63) is 29.8 Å². The molecule has 0 radical (unpaired) electrons. The summed E-state index contributed by atoms with van der Waals surface area (Å²) in [7, 11) is -3.23. The van der Waals surface area contributed by atoms with Crippen LogP contribution in [0.3, 0.4) is 0 Å². The van der Waals surface area contributed by atoms with Crippen molar-refractivity contribution in [3.8, 4) is 5.75 Å². The Balaban J connectivity index is 2.93. The van der Waals surface area contributed by atoms with Gasteiger partial charge in [0.1, 0.15) is 5.82 Å². The van der Waals surface area contributed by atoms with E-state index in [-0.39, 0.29) is 0 Å².